The second-order valence-electron chi connectivity index (χ2n) is 11.5. The van der Waals surface area contributed by atoms with Crippen LogP contribution in [0, 0.1) is 0 Å². The van der Waals surface area contributed by atoms with Gasteiger partial charge >= 0.3 is 6.18 Å². The molecule has 6 rings (SSSR count). The number of alkyl halides is 3. The normalized spacial score (nSPS) is 26.4. The van der Waals surface area contributed by atoms with Crippen LogP contribution in [0.15, 0.2) is 36.7 Å². The number of halogens is 3. The van der Waals surface area contributed by atoms with Crippen LogP contribution in [0.1, 0.15) is 98.4 Å². The molecule has 3 heterocycles. The van der Waals surface area contributed by atoms with Gasteiger partial charge in [-0.3, -0.25) is 4.68 Å². The monoisotopic (exact) mass is 542 g/mol. The van der Waals surface area contributed by atoms with Crippen LogP contribution in [0.25, 0.3) is 0 Å². The van der Waals surface area contributed by atoms with Crippen molar-refractivity contribution < 1.29 is 17.9 Å². The summed E-state index contributed by atoms with van der Waals surface area (Å²) in [5.41, 5.74) is 0.627. The Bertz CT molecular complexity index is 1250. The minimum absolute atomic E-state index is 0.0687. The van der Waals surface area contributed by atoms with Crippen molar-refractivity contribution in [2.75, 3.05) is 13.1 Å². The summed E-state index contributed by atoms with van der Waals surface area (Å²) in [6, 6.07) is 6.24. The van der Waals surface area contributed by atoms with Crippen LogP contribution in [-0.2, 0) is 19.8 Å². The number of rotatable bonds is 7. The molecule has 7 nitrogen and oxygen atoms in total. The maximum Gasteiger partial charge on any atom is 0.416 e. The van der Waals surface area contributed by atoms with Crippen LogP contribution >= 0.6 is 0 Å². The van der Waals surface area contributed by atoms with Gasteiger partial charge in [0.1, 0.15) is 18.2 Å². The van der Waals surface area contributed by atoms with Gasteiger partial charge in [0.15, 0.2) is 5.82 Å². The first-order valence-electron chi connectivity index (χ1n) is 14.3. The third-order valence-corrected chi connectivity index (χ3v) is 9.16. The number of benzene rings is 1. The van der Waals surface area contributed by atoms with Crippen molar-refractivity contribution in [3.05, 3.63) is 59.4 Å². The van der Waals surface area contributed by atoms with E-state index in [2.05, 4.69) is 32.2 Å². The van der Waals surface area contributed by atoms with Crippen LogP contribution in [0.2, 0.25) is 0 Å². The van der Waals surface area contributed by atoms with E-state index in [0.29, 0.717) is 23.7 Å². The van der Waals surface area contributed by atoms with E-state index in [1.807, 2.05) is 11.6 Å². The summed E-state index contributed by atoms with van der Waals surface area (Å²) < 4.78 is 48.8. The van der Waals surface area contributed by atoms with E-state index >= 15 is 0 Å². The van der Waals surface area contributed by atoms with Gasteiger partial charge in [-0.05, 0) is 101 Å². The van der Waals surface area contributed by atoms with Crippen LogP contribution in [0.3, 0.4) is 0 Å². The number of hydrogen-bond donors (Lipinski definition) is 0. The smallest absolute Gasteiger partial charge is 0.416 e. The quantitative estimate of drug-likeness (QED) is 0.354. The third-order valence-electron chi connectivity index (χ3n) is 9.16. The largest absolute Gasteiger partial charge is 0.486 e. The fraction of sp³-hybridized carbons (Fsp3) is 0.621. The molecule has 39 heavy (non-hydrogen) atoms. The van der Waals surface area contributed by atoms with Crippen LogP contribution in [0.5, 0.6) is 5.75 Å². The Morgan fingerprint density at radius 1 is 0.923 bits per heavy atom. The van der Waals surface area contributed by atoms with E-state index in [9.17, 15) is 13.2 Å². The van der Waals surface area contributed by atoms with Crippen LogP contribution in [-0.4, -0.2) is 48.6 Å². The second-order valence-corrected chi connectivity index (χ2v) is 11.5. The lowest BCUT2D eigenvalue weighted by Crippen LogP contribution is -2.46. The van der Waals surface area contributed by atoms with Crippen molar-refractivity contribution in [2.24, 2.45) is 7.05 Å². The summed E-state index contributed by atoms with van der Waals surface area (Å²) in [4.78, 5) is 2.65. The van der Waals surface area contributed by atoms with Crippen molar-refractivity contribution in [3.8, 4) is 5.75 Å². The van der Waals surface area contributed by atoms with Gasteiger partial charge in [0.2, 0.25) is 0 Å². The Labute approximate surface area is 227 Å². The zero-order valence-corrected chi connectivity index (χ0v) is 22.5. The minimum atomic E-state index is -4.40. The van der Waals surface area contributed by atoms with Crippen molar-refractivity contribution in [3.63, 3.8) is 0 Å². The molecule has 0 bridgehead atoms. The molecule has 0 unspecified atom stereocenters. The fourth-order valence-corrected chi connectivity index (χ4v) is 6.61. The summed E-state index contributed by atoms with van der Waals surface area (Å²) >= 11 is 0. The highest BCUT2D eigenvalue weighted by atomic mass is 19.4. The fourth-order valence-electron chi connectivity index (χ4n) is 6.61. The summed E-state index contributed by atoms with van der Waals surface area (Å²) in [7, 11) is 1.91. The predicted octanol–water partition coefficient (Wildman–Crippen LogP) is 6.24. The van der Waals surface area contributed by atoms with Gasteiger partial charge < -0.3 is 14.2 Å². The lowest BCUT2D eigenvalue weighted by molar-refractivity contribution is -0.137. The molecule has 3 aromatic rings. The zero-order chi connectivity index (χ0) is 27.0. The van der Waals surface area contributed by atoms with Crippen LogP contribution in [0.4, 0.5) is 13.2 Å². The van der Waals surface area contributed by atoms with E-state index in [-0.39, 0.29) is 12.4 Å². The summed E-state index contributed by atoms with van der Waals surface area (Å²) in [6.07, 6.45) is 10.6. The average molecular weight is 543 g/mol. The maximum absolute atomic E-state index is 13.0. The van der Waals surface area contributed by atoms with E-state index < -0.39 is 11.7 Å². The van der Waals surface area contributed by atoms with E-state index in [1.54, 1.807) is 0 Å². The van der Waals surface area contributed by atoms with Gasteiger partial charge in [-0.15, -0.1) is 10.2 Å². The van der Waals surface area contributed by atoms with Crippen LogP contribution < -0.4 is 4.74 Å². The Kier molecular flexibility index (Phi) is 7.39. The summed E-state index contributed by atoms with van der Waals surface area (Å²) in [5.74, 6) is 2.53. The van der Waals surface area contributed by atoms with Crippen molar-refractivity contribution in [1.82, 2.24) is 29.4 Å². The predicted molar refractivity (Wildman–Crippen MR) is 140 cm³/mol. The molecule has 1 saturated heterocycles. The third kappa shape index (κ3) is 5.71. The average Bonchev–Trinajstić information content (AvgIpc) is 3.54. The molecular formula is C29H37F3N6O. The Hall–Kier alpha value is -2.88. The molecule has 0 amide bonds. The van der Waals surface area contributed by atoms with Gasteiger partial charge in [0, 0.05) is 25.2 Å². The minimum Gasteiger partial charge on any atom is -0.486 e. The molecule has 210 valence electrons. The molecule has 0 radical (unpaired) electrons. The molecule has 1 aromatic carbocycles. The highest BCUT2D eigenvalue weighted by Crippen LogP contribution is 2.41. The molecule has 2 aromatic heterocycles. The van der Waals surface area contributed by atoms with Gasteiger partial charge in [-0.1, -0.05) is 6.07 Å². The van der Waals surface area contributed by atoms with Gasteiger partial charge in [-0.25, -0.2) is 0 Å². The maximum atomic E-state index is 13.0. The number of hydrogen-bond acceptors (Lipinski definition) is 5. The summed E-state index contributed by atoms with van der Waals surface area (Å²) in [6.45, 7) is 2.64. The van der Waals surface area contributed by atoms with E-state index in [4.69, 9.17) is 9.84 Å². The molecule has 10 heteroatoms. The molecule has 0 N–H and O–H groups in total. The Morgan fingerprint density at radius 3 is 2.33 bits per heavy atom. The molecule has 1 aliphatic heterocycles. The van der Waals surface area contributed by atoms with Crippen molar-refractivity contribution in [2.45, 2.75) is 94.5 Å². The molecule has 0 atom stereocenters. The summed E-state index contributed by atoms with van der Waals surface area (Å²) in [5, 5.41) is 13.5. The van der Waals surface area contributed by atoms with Crippen molar-refractivity contribution >= 4 is 0 Å². The molecule has 3 aliphatic rings. The first-order chi connectivity index (χ1) is 18.8. The van der Waals surface area contributed by atoms with Gasteiger partial charge in [0.05, 0.1) is 17.8 Å². The lowest BCUT2D eigenvalue weighted by atomic mass is 9.79. The van der Waals surface area contributed by atoms with Gasteiger partial charge in [-0.2, -0.15) is 18.3 Å². The Morgan fingerprint density at radius 2 is 1.64 bits per heavy atom. The SMILES string of the molecule is Cn1c(COc2cccc(C(F)(F)F)c2)nnc1C1CCC(c2cnn(C3CCC(N4CCC4)CC3)c2)CC1. The Balaban J connectivity index is 1.01. The second kappa shape index (κ2) is 10.9. The first-order valence-corrected chi connectivity index (χ1v) is 14.3. The van der Waals surface area contributed by atoms with Gasteiger partial charge in [0.25, 0.3) is 0 Å². The molecule has 2 aliphatic carbocycles. The molecular weight excluding hydrogens is 505 g/mol. The van der Waals surface area contributed by atoms with E-state index in [1.165, 1.54) is 62.9 Å². The highest BCUT2D eigenvalue weighted by molar-refractivity contribution is 5.30. The van der Waals surface area contributed by atoms with Crippen molar-refractivity contribution in [1.29, 1.82) is 0 Å². The topological polar surface area (TPSA) is 61.0 Å². The number of nitrogens with zero attached hydrogens (tertiary/aromatic N) is 6. The first kappa shape index (κ1) is 26.3. The van der Waals surface area contributed by atoms with E-state index in [0.717, 1.165) is 49.7 Å². The zero-order valence-electron chi connectivity index (χ0n) is 22.5. The number of aromatic nitrogens is 5. The number of ether oxygens (including phenoxy) is 1. The standard InChI is InChI=1S/C29H37F3N6O/c1-36-27(19-39-26-5-2-4-23(16-26)29(30,31)32)34-35-28(36)21-8-6-20(7-9-21)22-17-33-38(18-22)25-12-10-24(11-13-25)37-14-3-15-37/h2,4-5,16-18,20-21,24-25H,3,6-15,19H2,1H3. The number of likely N-dealkylation sites (tertiary alicyclic amines) is 1. The lowest BCUT2D eigenvalue weighted by Gasteiger charge is -2.42. The molecule has 2 saturated carbocycles. The highest BCUT2D eigenvalue weighted by Gasteiger charge is 2.32. The molecule has 3 fully saturated rings. The molecule has 0 spiro atoms.